The van der Waals surface area contributed by atoms with Crippen molar-refractivity contribution in [3.05, 3.63) is 16.3 Å². The Labute approximate surface area is 123 Å². The van der Waals surface area contributed by atoms with E-state index >= 15 is 0 Å². The van der Waals surface area contributed by atoms with E-state index in [2.05, 4.69) is 0 Å². The average molecular weight is 343 g/mol. The van der Waals surface area contributed by atoms with Crippen molar-refractivity contribution >= 4 is 27.3 Å². The van der Waals surface area contributed by atoms with Crippen molar-refractivity contribution in [3.63, 3.8) is 0 Å². The van der Waals surface area contributed by atoms with Crippen LogP contribution in [0.2, 0.25) is 0 Å². The van der Waals surface area contributed by atoms with Crippen molar-refractivity contribution in [1.82, 2.24) is 4.31 Å². The van der Waals surface area contributed by atoms with Crippen molar-refractivity contribution in [1.29, 1.82) is 0 Å². The number of hydrogen-bond donors (Lipinski definition) is 1. The molecule has 10 heteroatoms. The minimum atomic E-state index is -4.33. The number of rotatable bonds is 3. The largest absolute Gasteiger partial charge is 0.477 e. The predicted octanol–water partition coefficient (Wildman–Crippen LogP) is 2.41. The summed E-state index contributed by atoms with van der Waals surface area (Å²) in [6.45, 7) is -0.525. The van der Waals surface area contributed by atoms with Gasteiger partial charge < -0.3 is 5.11 Å². The van der Waals surface area contributed by atoms with Gasteiger partial charge >= 0.3 is 12.1 Å². The quantitative estimate of drug-likeness (QED) is 0.915. The maximum Gasteiger partial charge on any atom is 0.391 e. The third-order valence-corrected chi connectivity index (χ3v) is 6.33. The fraction of sp³-hybridized carbons (Fsp3) is 0.545. The summed E-state index contributed by atoms with van der Waals surface area (Å²) in [4.78, 5) is 10.3. The molecule has 0 saturated carbocycles. The summed E-state index contributed by atoms with van der Waals surface area (Å²) >= 11 is 0.768. The molecule has 1 fully saturated rings. The molecule has 1 aliphatic heterocycles. The Morgan fingerprint density at radius 1 is 1.33 bits per heavy atom. The minimum absolute atomic E-state index is 0.262. The van der Waals surface area contributed by atoms with Crippen molar-refractivity contribution < 1.29 is 31.5 Å². The number of carboxylic acid groups (broad SMARTS) is 1. The topological polar surface area (TPSA) is 74.7 Å². The van der Waals surface area contributed by atoms with Crippen LogP contribution in [-0.2, 0) is 10.0 Å². The van der Waals surface area contributed by atoms with Crippen LogP contribution in [0.15, 0.2) is 16.3 Å². The van der Waals surface area contributed by atoms with E-state index < -0.39 is 28.1 Å². The molecule has 1 aromatic rings. The molecule has 0 bridgehead atoms. The van der Waals surface area contributed by atoms with Gasteiger partial charge in [0.15, 0.2) is 0 Å². The molecular weight excluding hydrogens is 331 g/mol. The number of aromatic carboxylic acids is 1. The van der Waals surface area contributed by atoms with E-state index in [-0.39, 0.29) is 35.7 Å². The highest BCUT2D eigenvalue weighted by Gasteiger charge is 2.43. The van der Waals surface area contributed by atoms with Crippen LogP contribution in [0.3, 0.4) is 0 Å². The second kappa shape index (κ2) is 5.58. The van der Waals surface area contributed by atoms with Gasteiger partial charge in [0.05, 0.1) is 5.92 Å². The summed E-state index contributed by atoms with van der Waals surface area (Å²) < 4.78 is 63.2. The zero-order valence-electron chi connectivity index (χ0n) is 10.6. The van der Waals surface area contributed by atoms with E-state index in [9.17, 15) is 26.4 Å². The van der Waals surface area contributed by atoms with E-state index in [0.29, 0.717) is 0 Å². The number of halogens is 3. The number of nitrogens with zero attached hydrogens (tertiary/aromatic N) is 1. The van der Waals surface area contributed by atoms with Crippen LogP contribution in [0.4, 0.5) is 13.2 Å². The maximum atomic E-state index is 12.6. The lowest BCUT2D eigenvalue weighted by Crippen LogP contribution is -2.42. The summed E-state index contributed by atoms with van der Waals surface area (Å²) in [5.74, 6) is -2.88. The molecule has 0 amide bonds. The van der Waals surface area contributed by atoms with Gasteiger partial charge in [-0.15, -0.1) is 11.3 Å². The molecule has 118 valence electrons. The molecule has 1 aliphatic rings. The summed E-state index contributed by atoms with van der Waals surface area (Å²) in [6.07, 6.45) is -4.95. The van der Waals surface area contributed by atoms with Gasteiger partial charge in [0, 0.05) is 13.1 Å². The molecular formula is C11H12F3NO4S2. The summed E-state index contributed by atoms with van der Waals surface area (Å²) in [6, 6.07) is 1.17. The standard InChI is InChI=1S/C11H12F3NO4S2/c12-11(13,14)7-1-4-15(5-2-7)21(18,19)8-3-6-20-9(8)10(16)17/h3,6-7H,1-2,4-5H2,(H,16,17). The Bertz CT molecular complexity index is 630. The fourth-order valence-electron chi connectivity index (χ4n) is 2.22. The van der Waals surface area contributed by atoms with Crippen LogP contribution < -0.4 is 0 Å². The van der Waals surface area contributed by atoms with Gasteiger partial charge in [0.25, 0.3) is 0 Å². The Balaban J connectivity index is 2.19. The van der Waals surface area contributed by atoms with E-state index in [1.807, 2.05) is 0 Å². The lowest BCUT2D eigenvalue weighted by atomic mass is 9.98. The van der Waals surface area contributed by atoms with E-state index in [1.165, 1.54) is 11.4 Å². The number of thiophene rings is 1. The molecule has 0 aromatic carbocycles. The highest BCUT2D eigenvalue weighted by molar-refractivity contribution is 7.89. The Hall–Kier alpha value is -1.13. The van der Waals surface area contributed by atoms with Crippen LogP contribution in [0.25, 0.3) is 0 Å². The highest BCUT2D eigenvalue weighted by Crippen LogP contribution is 2.36. The number of carboxylic acids is 1. The molecule has 0 atom stereocenters. The molecule has 1 saturated heterocycles. The SMILES string of the molecule is O=C(O)c1sccc1S(=O)(=O)N1CCC(C(F)(F)F)CC1. The van der Waals surface area contributed by atoms with E-state index in [0.717, 1.165) is 15.6 Å². The fourth-order valence-corrected chi connectivity index (χ4v) is 4.92. The molecule has 21 heavy (non-hydrogen) atoms. The molecule has 2 heterocycles. The van der Waals surface area contributed by atoms with Crippen molar-refractivity contribution in [2.75, 3.05) is 13.1 Å². The first-order chi connectivity index (χ1) is 9.64. The zero-order valence-corrected chi connectivity index (χ0v) is 12.3. The Morgan fingerprint density at radius 3 is 2.38 bits per heavy atom. The molecule has 0 aliphatic carbocycles. The van der Waals surface area contributed by atoms with Gasteiger partial charge in [-0.25, -0.2) is 13.2 Å². The predicted molar refractivity (Wildman–Crippen MR) is 68.8 cm³/mol. The van der Waals surface area contributed by atoms with E-state index in [1.54, 1.807) is 0 Å². The van der Waals surface area contributed by atoms with Gasteiger partial charge in [0.1, 0.15) is 9.77 Å². The van der Waals surface area contributed by atoms with Crippen molar-refractivity contribution in [3.8, 4) is 0 Å². The van der Waals surface area contributed by atoms with Crippen LogP contribution in [0.1, 0.15) is 22.5 Å². The molecule has 1 aromatic heterocycles. The lowest BCUT2D eigenvalue weighted by molar-refractivity contribution is -0.182. The number of carbonyl (C=O) groups is 1. The van der Waals surface area contributed by atoms with Crippen LogP contribution in [-0.4, -0.2) is 43.1 Å². The molecule has 2 rings (SSSR count). The molecule has 0 unspecified atom stereocenters. The van der Waals surface area contributed by atoms with E-state index in [4.69, 9.17) is 5.11 Å². The van der Waals surface area contributed by atoms with Crippen molar-refractivity contribution in [2.45, 2.75) is 23.9 Å². The third-order valence-electron chi connectivity index (χ3n) is 3.36. The maximum absolute atomic E-state index is 12.6. The third kappa shape index (κ3) is 3.22. The van der Waals surface area contributed by atoms with Gasteiger partial charge in [0.2, 0.25) is 10.0 Å². The van der Waals surface area contributed by atoms with Crippen LogP contribution in [0.5, 0.6) is 0 Å². The number of sulfonamides is 1. The lowest BCUT2D eigenvalue weighted by Gasteiger charge is -2.32. The van der Waals surface area contributed by atoms with Gasteiger partial charge in [-0.1, -0.05) is 0 Å². The number of hydrogen-bond acceptors (Lipinski definition) is 4. The Morgan fingerprint density at radius 2 is 1.90 bits per heavy atom. The second-order valence-electron chi connectivity index (χ2n) is 4.64. The van der Waals surface area contributed by atoms with Gasteiger partial charge in [-0.2, -0.15) is 17.5 Å². The first kappa shape index (κ1) is 16.2. The molecule has 0 radical (unpaired) electrons. The summed E-state index contributed by atoms with van der Waals surface area (Å²) in [5, 5.41) is 10.3. The van der Waals surface area contributed by atoms with Crippen LogP contribution >= 0.6 is 11.3 Å². The van der Waals surface area contributed by atoms with Gasteiger partial charge in [-0.3, -0.25) is 0 Å². The molecule has 5 nitrogen and oxygen atoms in total. The first-order valence-corrected chi connectivity index (χ1v) is 8.33. The molecule has 1 N–H and O–H groups in total. The molecule has 0 spiro atoms. The summed E-state index contributed by atoms with van der Waals surface area (Å²) in [5.41, 5.74) is 0. The second-order valence-corrected chi connectivity index (χ2v) is 7.46. The zero-order chi connectivity index (χ0) is 15.8. The summed E-state index contributed by atoms with van der Waals surface area (Å²) in [7, 11) is -4.07. The number of alkyl halides is 3. The smallest absolute Gasteiger partial charge is 0.391 e. The monoisotopic (exact) mass is 343 g/mol. The minimum Gasteiger partial charge on any atom is -0.477 e. The first-order valence-electron chi connectivity index (χ1n) is 6.01. The highest BCUT2D eigenvalue weighted by atomic mass is 32.2. The normalized spacial score (nSPS) is 18.8. The van der Waals surface area contributed by atoms with Gasteiger partial charge in [-0.05, 0) is 24.3 Å². The number of piperidine rings is 1. The van der Waals surface area contributed by atoms with Crippen LogP contribution in [0, 0.1) is 5.92 Å². The average Bonchev–Trinajstić information content (AvgIpc) is 2.88. The van der Waals surface area contributed by atoms with Crippen molar-refractivity contribution in [2.24, 2.45) is 5.92 Å². The Kier molecular flexibility index (Phi) is 4.31.